The van der Waals surface area contributed by atoms with E-state index in [9.17, 15) is 44.4 Å². The molecule has 0 aliphatic carbocycles. The Bertz CT molecular complexity index is 5330. The fourth-order valence-corrected chi connectivity index (χ4v) is 15.8. The molecule has 0 saturated carbocycles. The number of ether oxygens (including phenoxy) is 6. The van der Waals surface area contributed by atoms with E-state index in [1.807, 2.05) is 67.7 Å². The molecule has 1 aromatic heterocycles. The standard InChI is InChI=1S/C74H77N3O2.C32H35IN2O8.F6P/c1-69(2,3)53-24-32-59(33-25-53)73(57-20-16-14-17-21-57,60-34-26-54(27-35-60)70(4,5)6)63-40-44-65(45-41-63)75-67(78)51-48-52(50-77(13)49-51)68(79)76-66-46-42-64(43-47-66)74(58-22-18-15-19-23-58,61-36-28-55(29-37-61)71(7,8)9)62-38-30-56(31-39-62)72(10,11)12;33-26-22-24-21-25(23-26)32(37)35-12-16-41-28-5-9-30(10-6-28)43-20-18-39-14-2-1-13-38-17-19-42-29-7-3-27(4-8-29)40-15-11-34-31(24)36;1-7(2,3,4,5)6/h14-50H,1-13H3,(H-,75,76,78,79);1-10,21-23H,11-20H2,(H,34,36)(H,35,37);/q;;-1/p+1. The first-order valence-corrected chi connectivity index (χ1v) is 45.9. The summed E-state index contributed by atoms with van der Waals surface area (Å²) in [7, 11) is -8.83. The van der Waals surface area contributed by atoms with Crippen LogP contribution in [0.25, 0.3) is 0 Å². The predicted molar refractivity (Wildman–Crippen MR) is 511 cm³/mol. The second kappa shape index (κ2) is 41.2. The molecule has 15 nitrogen and oxygen atoms in total. The van der Waals surface area contributed by atoms with E-state index in [2.05, 4.69) is 309 Å². The third-order valence-electron chi connectivity index (χ3n) is 21.8. The number of hydrogen-bond donors (Lipinski definition) is 4. The monoisotopic (exact) mass is 1890 g/mol. The number of aryl methyl sites for hydroxylation is 1. The summed E-state index contributed by atoms with van der Waals surface area (Å²) in [6.45, 7) is 30.8. The van der Waals surface area contributed by atoms with E-state index >= 15 is 0 Å². The molecule has 12 aromatic rings. The molecule has 23 heteroatoms. The molecule has 16 rings (SSSR count). The largest absolute Gasteiger partial charge is 0.492 e. The molecule has 0 atom stereocenters. The minimum Gasteiger partial charge on any atom is -0.492 e. The maximum atomic E-state index is 14.2. The topological polar surface area (TPSA) is 176 Å². The van der Waals surface area contributed by atoms with Crippen molar-refractivity contribution in [3.8, 4) is 23.0 Å². The average molecular weight is 1890 g/mol. The Morgan fingerprint density at radius 2 is 0.589 bits per heavy atom. The van der Waals surface area contributed by atoms with E-state index in [0.29, 0.717) is 109 Å². The summed E-state index contributed by atoms with van der Waals surface area (Å²) in [5.74, 6) is 1.51. The molecule has 129 heavy (non-hydrogen) atoms. The minimum atomic E-state index is -10.7. The van der Waals surface area contributed by atoms with Gasteiger partial charge in [-0.15, -0.1) is 0 Å². The Kier molecular flexibility index (Phi) is 31.2. The normalized spacial score (nSPS) is 14.4. The zero-order chi connectivity index (χ0) is 93.1. The van der Waals surface area contributed by atoms with Crippen LogP contribution in [0.3, 0.4) is 0 Å². The molecule has 4 aliphatic heterocycles. The van der Waals surface area contributed by atoms with Crippen LogP contribution in [0.5, 0.6) is 23.0 Å². The molecule has 4 amide bonds. The van der Waals surface area contributed by atoms with Crippen LogP contribution in [0, 0.1) is 3.57 Å². The molecule has 4 N–H and O–H groups in total. The maximum absolute atomic E-state index is 14.2. The van der Waals surface area contributed by atoms with Crippen molar-refractivity contribution in [3.63, 3.8) is 0 Å². The summed E-state index contributed by atoms with van der Waals surface area (Å²) in [4.78, 5) is 54.0. The molecule has 11 aromatic carbocycles. The average Bonchev–Trinajstić information content (AvgIpc) is 0.732. The summed E-state index contributed by atoms with van der Waals surface area (Å²) < 4.78 is 95.7. The van der Waals surface area contributed by atoms with Crippen molar-refractivity contribution in [1.29, 1.82) is 0 Å². The van der Waals surface area contributed by atoms with Crippen LogP contribution in [0.1, 0.15) is 191 Å². The zero-order valence-corrected chi connectivity index (χ0v) is 78.1. The van der Waals surface area contributed by atoms with E-state index in [1.165, 1.54) is 22.3 Å². The van der Waals surface area contributed by atoms with E-state index in [0.717, 1.165) is 48.1 Å². The van der Waals surface area contributed by atoms with Crippen molar-refractivity contribution in [3.05, 3.63) is 396 Å². The van der Waals surface area contributed by atoms with Gasteiger partial charge in [0.25, 0.3) is 23.6 Å². The number of amides is 4. The molecule has 0 unspecified atom stereocenters. The SMILES string of the molecule is C[n+]1cc(C(=O)Nc2ccc(C(c3ccccc3)(c3ccc(C(C)(C)C)cc3)c3ccc(C(C)(C)C)cc3)cc2)cc(C(=O)Nc2ccc(C(c3ccccc3)(c3ccc(C(C)(C)C)cc3)c3ccc(C(C)(C)C)cc3)cc2)c1.F[P-](F)(F)(F)(F)F.O=C1NCCOc2ccc(cc2)OCCOCC=CCOCCOc2ccc(cc2)OCCNC(=O)c2cc(I)cc1c2. The van der Waals surface area contributed by atoms with Crippen molar-refractivity contribution >= 4 is 65.4 Å². The number of nitrogens with one attached hydrogen (secondary N) is 4. The summed E-state index contributed by atoms with van der Waals surface area (Å²) in [6.07, 6.45) is 7.29. The fourth-order valence-electron chi connectivity index (χ4n) is 15.1. The van der Waals surface area contributed by atoms with Gasteiger partial charge in [-0.2, -0.15) is 0 Å². The third kappa shape index (κ3) is 27.8. The second-order valence-electron chi connectivity index (χ2n) is 35.7. The molecule has 676 valence electrons. The van der Waals surface area contributed by atoms with Crippen LogP contribution in [-0.2, 0) is 49.0 Å². The molecule has 0 radical (unpaired) electrons. The van der Waals surface area contributed by atoms with Crippen molar-refractivity contribution < 1.29 is 77.3 Å². The smallest absolute Gasteiger partial charge is 0.251 e. The van der Waals surface area contributed by atoms with Crippen LogP contribution < -0.4 is 44.8 Å². The number of benzene rings is 11. The van der Waals surface area contributed by atoms with Crippen molar-refractivity contribution in [2.24, 2.45) is 7.05 Å². The van der Waals surface area contributed by atoms with Gasteiger partial charge in [0.05, 0.1) is 50.3 Å². The first kappa shape index (κ1) is 97.7. The summed E-state index contributed by atoms with van der Waals surface area (Å²) in [5.41, 5.74) is 15.5. The molecule has 4 aliphatic rings. The Morgan fingerprint density at radius 3 is 0.860 bits per heavy atom. The number of aromatic nitrogens is 1. The first-order valence-electron chi connectivity index (χ1n) is 42.7. The van der Waals surface area contributed by atoms with Gasteiger partial charge in [0.15, 0.2) is 12.4 Å². The van der Waals surface area contributed by atoms with Gasteiger partial charge in [-0.1, -0.05) is 277 Å². The molecule has 0 saturated heterocycles. The van der Waals surface area contributed by atoms with Gasteiger partial charge in [-0.3, -0.25) is 19.2 Å². The van der Waals surface area contributed by atoms with Crippen LogP contribution in [0.15, 0.2) is 304 Å². The minimum absolute atomic E-state index is 0.00644. The fraction of sp³-hybridized carbons (Fsp3) is 0.274. The molecular weight excluding hydrogens is 1780 g/mol. The predicted octanol–water partition coefficient (Wildman–Crippen LogP) is 24.6. The summed E-state index contributed by atoms with van der Waals surface area (Å²) >= 11 is 2.09. The van der Waals surface area contributed by atoms with Gasteiger partial charge < -0.3 is 49.7 Å². The molecule has 6 bridgehead atoms. The molecule has 0 fully saturated rings. The van der Waals surface area contributed by atoms with E-state index in [-0.39, 0.29) is 58.5 Å². The number of carbonyl (C=O) groups is 4. The van der Waals surface area contributed by atoms with Gasteiger partial charge in [0.2, 0.25) is 0 Å². The third-order valence-corrected chi connectivity index (χ3v) is 22.4. The number of hydrogen-bond acceptors (Lipinski definition) is 10. The van der Waals surface area contributed by atoms with E-state index in [4.69, 9.17) is 28.4 Å². The molecule has 0 spiro atoms. The van der Waals surface area contributed by atoms with Gasteiger partial charge >= 0.3 is 33.0 Å². The Hall–Kier alpha value is -12.0. The van der Waals surface area contributed by atoms with E-state index in [1.54, 1.807) is 65.5 Å². The van der Waals surface area contributed by atoms with Crippen molar-refractivity contribution in [2.75, 3.05) is 76.6 Å². The number of rotatable bonds is 12. The maximum Gasteiger partial charge on any atom is 0.251 e. The summed E-state index contributed by atoms with van der Waals surface area (Å²) in [5, 5.41) is 12.0. The van der Waals surface area contributed by atoms with Gasteiger partial charge in [0.1, 0.15) is 67.6 Å². The number of nitrogens with zero attached hydrogens (tertiary/aromatic N) is 1. The quantitative estimate of drug-likeness (QED) is 0.0230. The van der Waals surface area contributed by atoms with Crippen molar-refractivity contribution in [2.45, 2.75) is 116 Å². The van der Waals surface area contributed by atoms with E-state index < -0.39 is 18.6 Å². The Morgan fingerprint density at radius 1 is 0.341 bits per heavy atom. The van der Waals surface area contributed by atoms with Gasteiger partial charge in [-0.05, 0) is 208 Å². The number of halogens is 7. The zero-order valence-electron chi connectivity index (χ0n) is 75.1. The number of carbonyl (C=O) groups excluding carboxylic acids is 4. The molecular formula is C106H113F6IN5O10P. The van der Waals surface area contributed by atoms with Gasteiger partial charge in [-0.25, -0.2) is 4.57 Å². The molecule has 5 heterocycles. The van der Waals surface area contributed by atoms with Gasteiger partial charge in [0, 0.05) is 26.1 Å². The van der Waals surface area contributed by atoms with Crippen molar-refractivity contribution in [1.82, 2.24) is 10.6 Å². The van der Waals surface area contributed by atoms with Crippen LogP contribution >= 0.6 is 30.4 Å². The first-order chi connectivity index (χ1) is 60.9. The van der Waals surface area contributed by atoms with Crippen LogP contribution in [0.4, 0.5) is 36.6 Å². The second-order valence-corrected chi connectivity index (χ2v) is 38.9. The Labute approximate surface area is 766 Å². The number of anilines is 2. The van der Waals surface area contributed by atoms with Crippen LogP contribution in [0.2, 0.25) is 0 Å². The number of pyridine rings is 1. The van der Waals surface area contributed by atoms with Crippen LogP contribution in [-0.4, -0.2) is 89.6 Å². The Balaban J connectivity index is 0.000000269. The summed E-state index contributed by atoms with van der Waals surface area (Å²) in [6, 6.07) is 95.3.